The van der Waals surface area contributed by atoms with E-state index in [9.17, 15) is 0 Å². The third kappa shape index (κ3) is 3.28. The van der Waals surface area contributed by atoms with E-state index in [1.54, 1.807) is 0 Å². The van der Waals surface area contributed by atoms with Gasteiger partial charge in [-0.3, -0.25) is 4.84 Å². The summed E-state index contributed by atoms with van der Waals surface area (Å²) < 4.78 is 5.86. The zero-order valence-electron chi connectivity index (χ0n) is 11.0. The molecule has 94 valence electrons. The lowest BCUT2D eigenvalue weighted by Crippen LogP contribution is -2.27. The number of ether oxygens (including phenoxy) is 1. The van der Waals surface area contributed by atoms with Gasteiger partial charge in [0.1, 0.15) is 0 Å². The van der Waals surface area contributed by atoms with Gasteiger partial charge in [0, 0.05) is 13.5 Å². The summed E-state index contributed by atoms with van der Waals surface area (Å²) in [5, 5.41) is 1.89. The van der Waals surface area contributed by atoms with Gasteiger partial charge in [0.25, 0.3) is 0 Å². The van der Waals surface area contributed by atoms with Crippen LogP contribution in [-0.2, 0) is 9.57 Å². The van der Waals surface area contributed by atoms with Crippen molar-refractivity contribution in [1.82, 2.24) is 5.06 Å². The Labute approximate surface area is 103 Å². The molecule has 0 saturated carbocycles. The molecule has 0 amide bonds. The lowest BCUT2D eigenvalue weighted by molar-refractivity contribution is -0.256. The molecule has 0 spiro atoms. The lowest BCUT2D eigenvalue weighted by atomic mass is 10.0. The fourth-order valence-electron chi connectivity index (χ4n) is 2.12. The fraction of sp³-hybridized carbons (Fsp3) is 0.571. The van der Waals surface area contributed by atoms with E-state index in [-0.39, 0.29) is 17.9 Å². The Morgan fingerprint density at radius 1 is 1.24 bits per heavy atom. The predicted octanol–water partition coefficient (Wildman–Crippen LogP) is 3.14. The summed E-state index contributed by atoms with van der Waals surface area (Å²) in [6.45, 7) is 6.14. The molecule has 1 fully saturated rings. The maximum absolute atomic E-state index is 5.86. The third-order valence-electron chi connectivity index (χ3n) is 2.81. The van der Waals surface area contributed by atoms with Crippen LogP contribution in [0.4, 0.5) is 0 Å². The third-order valence-corrected chi connectivity index (χ3v) is 2.81. The molecule has 0 N–H and O–H groups in total. The van der Waals surface area contributed by atoms with E-state index in [1.807, 2.05) is 38.9 Å². The zero-order chi connectivity index (χ0) is 12.5. The SMILES string of the molecule is CN1O[C@@H](OC(C)(C)C)C[C@@H]1c1ccccc1. The summed E-state index contributed by atoms with van der Waals surface area (Å²) in [5.74, 6) is 0. The molecule has 3 heteroatoms. The Hall–Kier alpha value is -0.900. The molecule has 3 nitrogen and oxygen atoms in total. The second-order valence-electron chi connectivity index (χ2n) is 5.47. The first-order valence-electron chi connectivity index (χ1n) is 6.08. The highest BCUT2D eigenvalue weighted by molar-refractivity contribution is 5.19. The first-order valence-corrected chi connectivity index (χ1v) is 6.08. The molecular weight excluding hydrogens is 214 g/mol. The van der Waals surface area contributed by atoms with E-state index < -0.39 is 0 Å². The number of hydroxylamine groups is 2. The van der Waals surface area contributed by atoms with Gasteiger partial charge in [0.15, 0.2) is 6.29 Å². The van der Waals surface area contributed by atoms with Crippen molar-refractivity contribution < 1.29 is 9.57 Å². The molecule has 1 aliphatic heterocycles. The van der Waals surface area contributed by atoms with Crippen molar-refractivity contribution in [3.63, 3.8) is 0 Å². The maximum atomic E-state index is 5.86. The minimum absolute atomic E-state index is 0.148. The van der Waals surface area contributed by atoms with Crippen LogP contribution in [-0.4, -0.2) is 24.0 Å². The minimum Gasteiger partial charge on any atom is -0.345 e. The number of benzene rings is 1. The zero-order valence-corrected chi connectivity index (χ0v) is 11.0. The Kier molecular flexibility index (Phi) is 3.52. The van der Waals surface area contributed by atoms with Crippen LogP contribution in [0.15, 0.2) is 30.3 Å². The summed E-state index contributed by atoms with van der Waals surface area (Å²) in [6, 6.07) is 10.7. The predicted molar refractivity (Wildman–Crippen MR) is 67.3 cm³/mol. The quantitative estimate of drug-likeness (QED) is 0.786. The van der Waals surface area contributed by atoms with Crippen LogP contribution in [0, 0.1) is 0 Å². The summed E-state index contributed by atoms with van der Waals surface area (Å²) in [4.78, 5) is 5.72. The first kappa shape index (κ1) is 12.6. The van der Waals surface area contributed by atoms with E-state index in [2.05, 4.69) is 24.3 Å². The van der Waals surface area contributed by atoms with E-state index in [4.69, 9.17) is 9.57 Å². The van der Waals surface area contributed by atoms with Crippen LogP contribution >= 0.6 is 0 Å². The molecular formula is C14H21NO2. The van der Waals surface area contributed by atoms with Crippen molar-refractivity contribution >= 4 is 0 Å². The van der Waals surface area contributed by atoms with Gasteiger partial charge in [-0.1, -0.05) is 30.3 Å². The highest BCUT2D eigenvalue weighted by atomic mass is 16.8. The standard InChI is InChI=1S/C14H21NO2/c1-14(2,3)16-13-10-12(15(4)17-13)11-8-6-5-7-9-11/h5-9,12-13H,10H2,1-4H3/t12-,13-/m1/s1. The Morgan fingerprint density at radius 2 is 1.88 bits per heavy atom. The first-order chi connectivity index (χ1) is 7.96. The van der Waals surface area contributed by atoms with Crippen LogP contribution in [0.1, 0.15) is 38.8 Å². The topological polar surface area (TPSA) is 21.7 Å². The van der Waals surface area contributed by atoms with Crippen molar-refractivity contribution in [3.05, 3.63) is 35.9 Å². The van der Waals surface area contributed by atoms with Crippen LogP contribution in [0.3, 0.4) is 0 Å². The van der Waals surface area contributed by atoms with Gasteiger partial charge in [-0.15, -0.1) is 0 Å². The summed E-state index contributed by atoms with van der Waals surface area (Å²) in [6.07, 6.45) is 0.725. The van der Waals surface area contributed by atoms with Crippen LogP contribution in [0.25, 0.3) is 0 Å². The normalized spacial score (nSPS) is 26.4. The number of hydrogen-bond donors (Lipinski definition) is 0. The summed E-state index contributed by atoms with van der Waals surface area (Å²) >= 11 is 0. The number of hydrogen-bond acceptors (Lipinski definition) is 3. The van der Waals surface area contributed by atoms with Crippen molar-refractivity contribution in [2.24, 2.45) is 0 Å². The van der Waals surface area contributed by atoms with Gasteiger partial charge in [0.2, 0.25) is 0 Å². The molecule has 1 saturated heterocycles. The molecule has 0 aromatic heterocycles. The molecule has 1 aromatic carbocycles. The minimum atomic E-state index is -0.170. The smallest absolute Gasteiger partial charge is 0.180 e. The Bertz CT molecular complexity index is 358. The second kappa shape index (κ2) is 4.77. The number of nitrogens with zero attached hydrogens (tertiary/aromatic N) is 1. The molecule has 1 heterocycles. The van der Waals surface area contributed by atoms with Gasteiger partial charge in [-0.2, -0.15) is 5.06 Å². The van der Waals surface area contributed by atoms with Gasteiger partial charge >= 0.3 is 0 Å². The molecule has 17 heavy (non-hydrogen) atoms. The molecule has 1 aliphatic rings. The highest BCUT2D eigenvalue weighted by Gasteiger charge is 2.34. The van der Waals surface area contributed by atoms with E-state index in [0.717, 1.165) is 6.42 Å². The highest BCUT2D eigenvalue weighted by Crippen LogP contribution is 2.34. The Morgan fingerprint density at radius 3 is 2.47 bits per heavy atom. The summed E-state index contributed by atoms with van der Waals surface area (Å²) in [7, 11) is 1.96. The van der Waals surface area contributed by atoms with Crippen LogP contribution < -0.4 is 0 Å². The van der Waals surface area contributed by atoms with Gasteiger partial charge in [0.05, 0.1) is 11.6 Å². The van der Waals surface area contributed by atoms with Crippen molar-refractivity contribution in [2.75, 3.05) is 7.05 Å². The Balaban J connectivity index is 2.03. The van der Waals surface area contributed by atoms with Crippen LogP contribution in [0.2, 0.25) is 0 Å². The average Bonchev–Trinajstić information content (AvgIpc) is 2.58. The lowest BCUT2D eigenvalue weighted by Gasteiger charge is -2.23. The number of rotatable bonds is 2. The van der Waals surface area contributed by atoms with E-state index >= 15 is 0 Å². The van der Waals surface area contributed by atoms with Gasteiger partial charge in [-0.05, 0) is 26.3 Å². The maximum Gasteiger partial charge on any atom is 0.180 e. The molecule has 0 bridgehead atoms. The summed E-state index contributed by atoms with van der Waals surface area (Å²) in [5.41, 5.74) is 1.10. The van der Waals surface area contributed by atoms with Gasteiger partial charge < -0.3 is 4.74 Å². The fourth-order valence-corrected chi connectivity index (χ4v) is 2.12. The van der Waals surface area contributed by atoms with E-state index in [1.165, 1.54) is 5.56 Å². The monoisotopic (exact) mass is 235 g/mol. The largest absolute Gasteiger partial charge is 0.345 e. The molecule has 2 atom stereocenters. The van der Waals surface area contributed by atoms with Crippen molar-refractivity contribution in [3.8, 4) is 0 Å². The molecule has 2 rings (SSSR count). The average molecular weight is 235 g/mol. The second-order valence-corrected chi connectivity index (χ2v) is 5.47. The molecule has 0 unspecified atom stereocenters. The van der Waals surface area contributed by atoms with Crippen molar-refractivity contribution in [1.29, 1.82) is 0 Å². The molecule has 0 aliphatic carbocycles. The van der Waals surface area contributed by atoms with Crippen molar-refractivity contribution in [2.45, 2.75) is 45.1 Å². The van der Waals surface area contributed by atoms with E-state index in [0.29, 0.717) is 0 Å². The molecule has 1 aromatic rings. The molecule has 0 radical (unpaired) electrons. The van der Waals surface area contributed by atoms with Gasteiger partial charge in [-0.25, -0.2) is 0 Å². The van der Waals surface area contributed by atoms with Crippen LogP contribution in [0.5, 0.6) is 0 Å².